The molecule has 1 aromatic carbocycles. The van der Waals surface area contributed by atoms with Crippen LogP contribution < -0.4 is 5.32 Å². The number of carbonyl (C=O) groups is 1. The fourth-order valence-corrected chi connectivity index (χ4v) is 4.20. The first kappa shape index (κ1) is 18.6. The minimum Gasteiger partial charge on any atom is -0.390 e. The molecule has 9 heteroatoms. The van der Waals surface area contributed by atoms with Gasteiger partial charge >= 0.3 is 0 Å². The van der Waals surface area contributed by atoms with Crippen LogP contribution in [0.4, 0.5) is 14.5 Å². The quantitative estimate of drug-likeness (QED) is 0.753. The standard InChI is InChI=1S/C18H14Cl2F2N2O3/c19-9-2-1-7(5-10(9)20)24-18(26)14-12-6-11(25)16(27-12)13(14)8-3-4-23-17(22)15(8)21/h1-5,11-14,16,25H,6H2,(H,24,26)/t11-,12+,13+,14+,16-/m0/s1. The molecule has 3 heterocycles. The van der Waals surface area contributed by atoms with Gasteiger partial charge < -0.3 is 15.2 Å². The van der Waals surface area contributed by atoms with Crippen molar-refractivity contribution in [1.82, 2.24) is 4.98 Å². The molecule has 2 N–H and O–H groups in total. The van der Waals surface area contributed by atoms with Crippen LogP contribution in [0.1, 0.15) is 17.9 Å². The second-order valence-electron chi connectivity index (χ2n) is 6.62. The lowest BCUT2D eigenvalue weighted by molar-refractivity contribution is -0.122. The molecule has 0 unspecified atom stereocenters. The van der Waals surface area contributed by atoms with E-state index in [1.807, 2.05) is 0 Å². The van der Waals surface area contributed by atoms with E-state index in [0.29, 0.717) is 10.7 Å². The van der Waals surface area contributed by atoms with Crippen molar-refractivity contribution in [2.75, 3.05) is 5.32 Å². The fourth-order valence-electron chi connectivity index (χ4n) is 3.90. The number of aromatic nitrogens is 1. The zero-order valence-electron chi connectivity index (χ0n) is 13.7. The van der Waals surface area contributed by atoms with E-state index in [2.05, 4.69) is 10.3 Å². The second kappa shape index (κ2) is 6.98. The molecule has 2 saturated heterocycles. The number of amides is 1. The number of anilines is 1. The van der Waals surface area contributed by atoms with Gasteiger partial charge in [0.25, 0.3) is 0 Å². The predicted octanol–water partition coefficient (Wildman–Crippen LogP) is 3.54. The summed E-state index contributed by atoms with van der Waals surface area (Å²) in [6, 6.07) is 5.92. The maximum Gasteiger partial charge on any atom is 0.249 e. The normalized spacial score (nSPS) is 29.1. The summed E-state index contributed by atoms with van der Waals surface area (Å²) in [6.07, 6.45) is -0.885. The molecular formula is C18H14Cl2F2N2O3. The van der Waals surface area contributed by atoms with Crippen LogP contribution in [0.25, 0.3) is 0 Å². The van der Waals surface area contributed by atoms with Crippen molar-refractivity contribution in [2.24, 2.45) is 5.92 Å². The number of nitrogens with zero attached hydrogens (tertiary/aromatic N) is 1. The van der Waals surface area contributed by atoms with Gasteiger partial charge in [0.1, 0.15) is 0 Å². The number of nitrogens with one attached hydrogen (secondary N) is 1. The zero-order valence-corrected chi connectivity index (χ0v) is 15.2. The number of aliphatic hydroxyl groups is 1. The van der Waals surface area contributed by atoms with Gasteiger partial charge in [0, 0.05) is 29.8 Å². The van der Waals surface area contributed by atoms with Gasteiger partial charge in [-0.15, -0.1) is 0 Å². The molecule has 1 amide bonds. The van der Waals surface area contributed by atoms with Gasteiger partial charge in [-0.25, -0.2) is 9.37 Å². The van der Waals surface area contributed by atoms with Gasteiger partial charge in [0.2, 0.25) is 11.9 Å². The van der Waals surface area contributed by atoms with Gasteiger partial charge in [-0.1, -0.05) is 23.2 Å². The minimum absolute atomic E-state index is 0.0389. The highest BCUT2D eigenvalue weighted by molar-refractivity contribution is 6.42. The van der Waals surface area contributed by atoms with Crippen LogP contribution >= 0.6 is 23.2 Å². The third-order valence-corrected chi connectivity index (χ3v) is 5.79. The number of pyridine rings is 1. The molecule has 5 atom stereocenters. The van der Waals surface area contributed by atoms with Crippen molar-refractivity contribution in [2.45, 2.75) is 30.7 Å². The summed E-state index contributed by atoms with van der Waals surface area (Å²) in [4.78, 5) is 16.2. The molecule has 0 aliphatic carbocycles. The van der Waals surface area contributed by atoms with Crippen molar-refractivity contribution in [3.8, 4) is 0 Å². The van der Waals surface area contributed by atoms with Crippen LogP contribution in [-0.2, 0) is 9.53 Å². The molecule has 27 heavy (non-hydrogen) atoms. The maximum atomic E-state index is 14.3. The van der Waals surface area contributed by atoms with E-state index in [1.165, 1.54) is 18.2 Å². The van der Waals surface area contributed by atoms with E-state index in [4.69, 9.17) is 27.9 Å². The van der Waals surface area contributed by atoms with Gasteiger partial charge in [0.15, 0.2) is 5.82 Å². The van der Waals surface area contributed by atoms with Crippen LogP contribution in [0.3, 0.4) is 0 Å². The van der Waals surface area contributed by atoms with Gasteiger partial charge in [0.05, 0.1) is 34.3 Å². The summed E-state index contributed by atoms with van der Waals surface area (Å²) in [5.74, 6) is -4.47. The Morgan fingerprint density at radius 3 is 2.78 bits per heavy atom. The van der Waals surface area contributed by atoms with Crippen LogP contribution in [0.15, 0.2) is 30.5 Å². The molecule has 0 saturated carbocycles. The third kappa shape index (κ3) is 3.18. The summed E-state index contributed by atoms with van der Waals surface area (Å²) in [6.45, 7) is 0. The third-order valence-electron chi connectivity index (χ3n) is 5.05. The lowest BCUT2D eigenvalue weighted by atomic mass is 9.74. The lowest BCUT2D eigenvalue weighted by Gasteiger charge is -2.30. The van der Waals surface area contributed by atoms with Crippen molar-refractivity contribution >= 4 is 34.8 Å². The first-order valence-electron chi connectivity index (χ1n) is 8.26. The van der Waals surface area contributed by atoms with E-state index in [1.54, 1.807) is 6.07 Å². The summed E-state index contributed by atoms with van der Waals surface area (Å²) in [5, 5.41) is 13.5. The number of aliphatic hydroxyl groups excluding tert-OH is 1. The highest BCUT2D eigenvalue weighted by Crippen LogP contribution is 2.50. The zero-order chi connectivity index (χ0) is 19.3. The van der Waals surface area contributed by atoms with Crippen LogP contribution in [0.5, 0.6) is 0 Å². The molecular weight excluding hydrogens is 401 g/mol. The molecule has 2 bridgehead atoms. The number of fused-ring (bicyclic) bond motifs is 2. The Bertz CT molecular complexity index is 914. The monoisotopic (exact) mass is 414 g/mol. The molecule has 5 nitrogen and oxygen atoms in total. The first-order chi connectivity index (χ1) is 12.9. The largest absolute Gasteiger partial charge is 0.390 e. The smallest absolute Gasteiger partial charge is 0.249 e. The molecule has 0 radical (unpaired) electrons. The Hall–Kier alpha value is -1.80. The number of ether oxygens (including phenoxy) is 1. The Kier molecular flexibility index (Phi) is 4.80. The minimum atomic E-state index is -1.26. The van der Waals surface area contributed by atoms with Crippen molar-refractivity contribution in [3.05, 3.63) is 57.8 Å². The van der Waals surface area contributed by atoms with E-state index in [0.717, 1.165) is 6.20 Å². The molecule has 1 aromatic heterocycles. The molecule has 0 spiro atoms. The molecule has 4 rings (SSSR count). The molecule has 2 aliphatic rings. The Morgan fingerprint density at radius 1 is 1.26 bits per heavy atom. The summed E-state index contributed by atoms with van der Waals surface area (Å²) < 4.78 is 33.6. The van der Waals surface area contributed by atoms with Gasteiger partial charge in [-0.05, 0) is 24.3 Å². The molecule has 142 valence electrons. The first-order valence-corrected chi connectivity index (χ1v) is 9.01. The summed E-state index contributed by atoms with van der Waals surface area (Å²) in [7, 11) is 0. The van der Waals surface area contributed by atoms with E-state index >= 15 is 0 Å². The topological polar surface area (TPSA) is 71.5 Å². The number of halogens is 4. The van der Waals surface area contributed by atoms with E-state index in [9.17, 15) is 18.7 Å². The average Bonchev–Trinajstić information content (AvgIpc) is 3.17. The molecule has 2 aliphatic heterocycles. The second-order valence-corrected chi connectivity index (χ2v) is 7.43. The molecule has 2 aromatic rings. The van der Waals surface area contributed by atoms with Crippen LogP contribution in [-0.4, -0.2) is 34.3 Å². The van der Waals surface area contributed by atoms with E-state index < -0.39 is 47.8 Å². The SMILES string of the molecule is O=C(Nc1ccc(Cl)c(Cl)c1)[C@H]1[C@@H](c2ccnc(F)c2F)[C@H]2O[C@@H]1C[C@@H]2O. The predicted molar refractivity (Wildman–Crippen MR) is 94.8 cm³/mol. The fraction of sp³-hybridized carbons (Fsp3) is 0.333. The van der Waals surface area contributed by atoms with Crippen molar-refractivity contribution < 1.29 is 23.4 Å². The van der Waals surface area contributed by atoms with Crippen molar-refractivity contribution in [3.63, 3.8) is 0 Å². The number of rotatable bonds is 3. The number of benzene rings is 1. The Labute approximate surface area is 163 Å². The maximum absolute atomic E-state index is 14.3. The summed E-state index contributed by atoms with van der Waals surface area (Å²) >= 11 is 11.8. The summed E-state index contributed by atoms with van der Waals surface area (Å²) in [5.41, 5.74) is 0.376. The van der Waals surface area contributed by atoms with Crippen LogP contribution in [0.2, 0.25) is 10.0 Å². The van der Waals surface area contributed by atoms with E-state index in [-0.39, 0.29) is 17.0 Å². The highest BCUT2D eigenvalue weighted by Gasteiger charge is 2.57. The van der Waals surface area contributed by atoms with Crippen molar-refractivity contribution in [1.29, 1.82) is 0 Å². The number of hydrogen-bond acceptors (Lipinski definition) is 4. The lowest BCUT2D eigenvalue weighted by Crippen LogP contribution is -2.41. The Morgan fingerprint density at radius 2 is 2.04 bits per heavy atom. The number of carbonyl (C=O) groups excluding carboxylic acids is 1. The van der Waals surface area contributed by atoms with Gasteiger partial charge in [-0.2, -0.15) is 4.39 Å². The average molecular weight is 415 g/mol. The number of hydrogen-bond donors (Lipinski definition) is 2. The van der Waals surface area contributed by atoms with Gasteiger partial charge in [-0.3, -0.25) is 4.79 Å². The Balaban J connectivity index is 1.66. The highest BCUT2D eigenvalue weighted by atomic mass is 35.5. The molecule has 2 fully saturated rings. The van der Waals surface area contributed by atoms with Crippen LogP contribution in [0, 0.1) is 17.7 Å².